The summed E-state index contributed by atoms with van der Waals surface area (Å²) >= 11 is 0. The minimum atomic E-state index is 0.142. The van der Waals surface area contributed by atoms with Crippen molar-refractivity contribution < 1.29 is 9.59 Å². The van der Waals surface area contributed by atoms with E-state index in [1.54, 1.807) is 6.92 Å². The molecule has 0 fully saturated rings. The lowest BCUT2D eigenvalue weighted by Crippen LogP contribution is -2.23. The maximum Gasteiger partial charge on any atom is 0.219 e. The van der Waals surface area contributed by atoms with Crippen molar-refractivity contribution in [1.29, 1.82) is 0 Å². The van der Waals surface area contributed by atoms with Gasteiger partial charge in [0.05, 0.1) is 0 Å². The van der Waals surface area contributed by atoms with Crippen LogP contribution in [0.2, 0.25) is 0 Å². The fraction of sp³-hybridized carbons (Fsp3) is 0.846. The Labute approximate surface area is 99.0 Å². The smallest absolute Gasteiger partial charge is 0.219 e. The zero-order chi connectivity index (χ0) is 12.4. The van der Waals surface area contributed by atoms with Crippen molar-refractivity contribution >= 4 is 11.7 Å². The van der Waals surface area contributed by atoms with Crippen molar-refractivity contribution in [3.63, 3.8) is 0 Å². The van der Waals surface area contributed by atoms with Gasteiger partial charge in [-0.2, -0.15) is 0 Å². The lowest BCUT2D eigenvalue weighted by molar-refractivity contribution is -0.121. The summed E-state index contributed by atoms with van der Waals surface area (Å²) in [6.45, 7) is 6.47. The van der Waals surface area contributed by atoms with Crippen molar-refractivity contribution in [2.75, 3.05) is 6.54 Å². The lowest BCUT2D eigenvalue weighted by atomic mass is 10.00. The molecule has 0 aromatic rings. The summed E-state index contributed by atoms with van der Waals surface area (Å²) in [6, 6.07) is 0. The molecule has 0 aliphatic rings. The first kappa shape index (κ1) is 15.1. The molecule has 16 heavy (non-hydrogen) atoms. The predicted molar refractivity (Wildman–Crippen MR) is 66.2 cm³/mol. The van der Waals surface area contributed by atoms with E-state index in [-0.39, 0.29) is 17.6 Å². The zero-order valence-corrected chi connectivity index (χ0v) is 10.8. The number of carbonyl (C=O) groups excluding carboxylic acids is 2. The molecule has 1 atom stereocenters. The Morgan fingerprint density at radius 3 is 2.44 bits per heavy atom. The fourth-order valence-electron chi connectivity index (χ4n) is 1.43. The van der Waals surface area contributed by atoms with E-state index in [1.807, 2.05) is 6.92 Å². The second-order valence-electron chi connectivity index (χ2n) is 4.46. The standard InChI is InChI=1S/C13H25NO2/c1-4-5-10-14-13(16)9-7-6-8-11(2)12(3)15/h11H,4-10H2,1-3H3,(H,14,16)/t11-/m1/s1. The Bertz CT molecular complexity index is 214. The average Bonchev–Trinajstić information content (AvgIpc) is 2.24. The Balaban J connectivity index is 3.37. The first-order chi connectivity index (χ1) is 7.57. The van der Waals surface area contributed by atoms with Crippen LogP contribution in [0.3, 0.4) is 0 Å². The van der Waals surface area contributed by atoms with Crippen molar-refractivity contribution in [3.8, 4) is 0 Å². The molecule has 0 aliphatic carbocycles. The van der Waals surface area contributed by atoms with Crippen LogP contribution in [-0.2, 0) is 9.59 Å². The maximum absolute atomic E-state index is 11.3. The molecule has 0 saturated heterocycles. The molecular weight excluding hydrogens is 202 g/mol. The molecule has 1 amide bonds. The SMILES string of the molecule is CCCCNC(=O)CCCC[C@@H](C)C(C)=O. The number of hydrogen-bond acceptors (Lipinski definition) is 2. The molecule has 0 spiro atoms. The quantitative estimate of drug-likeness (QED) is 0.616. The van der Waals surface area contributed by atoms with Crippen LogP contribution in [0, 0.1) is 5.92 Å². The molecule has 0 aromatic heterocycles. The minimum Gasteiger partial charge on any atom is -0.356 e. The summed E-state index contributed by atoms with van der Waals surface area (Å²) in [5.74, 6) is 0.527. The first-order valence-corrected chi connectivity index (χ1v) is 6.35. The van der Waals surface area contributed by atoms with Crippen LogP contribution in [0.5, 0.6) is 0 Å². The van der Waals surface area contributed by atoms with Crippen LogP contribution < -0.4 is 5.32 Å². The van der Waals surface area contributed by atoms with E-state index in [1.165, 1.54) is 0 Å². The highest BCUT2D eigenvalue weighted by atomic mass is 16.1. The number of hydrogen-bond donors (Lipinski definition) is 1. The van der Waals surface area contributed by atoms with E-state index in [0.29, 0.717) is 6.42 Å². The van der Waals surface area contributed by atoms with Gasteiger partial charge in [-0.05, 0) is 26.2 Å². The van der Waals surface area contributed by atoms with Gasteiger partial charge in [-0.1, -0.05) is 26.7 Å². The summed E-state index contributed by atoms with van der Waals surface area (Å²) in [4.78, 5) is 22.3. The van der Waals surface area contributed by atoms with Gasteiger partial charge < -0.3 is 5.32 Å². The summed E-state index contributed by atoms with van der Waals surface area (Å²) < 4.78 is 0. The van der Waals surface area contributed by atoms with Gasteiger partial charge in [-0.25, -0.2) is 0 Å². The van der Waals surface area contributed by atoms with E-state index < -0.39 is 0 Å². The number of unbranched alkanes of at least 4 members (excludes halogenated alkanes) is 2. The van der Waals surface area contributed by atoms with E-state index >= 15 is 0 Å². The highest BCUT2D eigenvalue weighted by Crippen LogP contribution is 2.09. The molecule has 0 bridgehead atoms. The number of carbonyl (C=O) groups is 2. The Morgan fingerprint density at radius 2 is 1.88 bits per heavy atom. The van der Waals surface area contributed by atoms with E-state index in [4.69, 9.17) is 0 Å². The van der Waals surface area contributed by atoms with E-state index in [9.17, 15) is 9.59 Å². The molecule has 94 valence electrons. The maximum atomic E-state index is 11.3. The van der Waals surface area contributed by atoms with Crippen molar-refractivity contribution in [3.05, 3.63) is 0 Å². The van der Waals surface area contributed by atoms with Gasteiger partial charge in [-0.3, -0.25) is 9.59 Å². The molecule has 0 aliphatic heterocycles. The van der Waals surface area contributed by atoms with Gasteiger partial charge in [0.15, 0.2) is 0 Å². The van der Waals surface area contributed by atoms with Crippen molar-refractivity contribution in [2.45, 2.75) is 59.3 Å². The molecule has 0 heterocycles. The molecule has 3 heteroatoms. The summed E-state index contributed by atoms with van der Waals surface area (Å²) in [6.07, 6.45) is 5.49. The third kappa shape index (κ3) is 8.45. The first-order valence-electron chi connectivity index (χ1n) is 6.35. The topological polar surface area (TPSA) is 46.2 Å². The summed E-state index contributed by atoms with van der Waals surface area (Å²) in [5.41, 5.74) is 0. The van der Waals surface area contributed by atoms with Crippen LogP contribution in [0.25, 0.3) is 0 Å². The Hall–Kier alpha value is -0.860. The molecule has 0 radical (unpaired) electrons. The monoisotopic (exact) mass is 227 g/mol. The van der Waals surface area contributed by atoms with E-state index in [2.05, 4.69) is 12.2 Å². The molecule has 0 rings (SSSR count). The molecular formula is C13H25NO2. The highest BCUT2D eigenvalue weighted by Gasteiger charge is 2.07. The van der Waals surface area contributed by atoms with Gasteiger partial charge in [0.25, 0.3) is 0 Å². The summed E-state index contributed by atoms with van der Waals surface area (Å²) in [7, 11) is 0. The van der Waals surface area contributed by atoms with Gasteiger partial charge in [-0.15, -0.1) is 0 Å². The van der Waals surface area contributed by atoms with Gasteiger partial charge in [0.2, 0.25) is 5.91 Å². The summed E-state index contributed by atoms with van der Waals surface area (Å²) in [5, 5.41) is 2.89. The van der Waals surface area contributed by atoms with Gasteiger partial charge in [0, 0.05) is 18.9 Å². The van der Waals surface area contributed by atoms with Crippen LogP contribution >= 0.6 is 0 Å². The van der Waals surface area contributed by atoms with Gasteiger partial charge >= 0.3 is 0 Å². The second-order valence-corrected chi connectivity index (χ2v) is 4.46. The molecule has 0 saturated carbocycles. The highest BCUT2D eigenvalue weighted by molar-refractivity contribution is 5.77. The molecule has 0 unspecified atom stereocenters. The van der Waals surface area contributed by atoms with Crippen LogP contribution in [0.1, 0.15) is 59.3 Å². The molecule has 1 N–H and O–H groups in total. The van der Waals surface area contributed by atoms with Crippen LogP contribution in [0.4, 0.5) is 0 Å². The van der Waals surface area contributed by atoms with Gasteiger partial charge in [0.1, 0.15) is 5.78 Å². The molecule has 3 nitrogen and oxygen atoms in total. The largest absolute Gasteiger partial charge is 0.356 e. The van der Waals surface area contributed by atoms with Crippen LogP contribution in [-0.4, -0.2) is 18.2 Å². The van der Waals surface area contributed by atoms with Crippen LogP contribution in [0.15, 0.2) is 0 Å². The number of Topliss-reactive ketones (excluding diaryl/α,β-unsaturated/α-hetero) is 1. The average molecular weight is 227 g/mol. The number of ketones is 1. The van der Waals surface area contributed by atoms with Crippen molar-refractivity contribution in [1.82, 2.24) is 5.32 Å². The second kappa shape index (κ2) is 9.37. The number of amides is 1. The van der Waals surface area contributed by atoms with Crippen molar-refractivity contribution in [2.24, 2.45) is 5.92 Å². The Kier molecular flexibility index (Phi) is 8.87. The normalized spacial score (nSPS) is 12.2. The number of nitrogens with one attached hydrogen (secondary N) is 1. The van der Waals surface area contributed by atoms with E-state index in [0.717, 1.165) is 38.6 Å². The third-order valence-corrected chi connectivity index (χ3v) is 2.84. The number of rotatable bonds is 9. The lowest BCUT2D eigenvalue weighted by Gasteiger charge is -2.07. The third-order valence-electron chi connectivity index (χ3n) is 2.84. The zero-order valence-electron chi connectivity index (χ0n) is 10.8. The Morgan fingerprint density at radius 1 is 1.19 bits per heavy atom. The minimum absolute atomic E-state index is 0.142. The fourth-order valence-corrected chi connectivity index (χ4v) is 1.43. The molecule has 0 aromatic carbocycles. The predicted octanol–water partition coefficient (Wildman–Crippen LogP) is 2.69.